The molecule has 1 aliphatic heterocycles. The van der Waals surface area contributed by atoms with Crippen LogP contribution in [0.5, 0.6) is 5.75 Å². The Morgan fingerprint density at radius 1 is 1.30 bits per heavy atom. The lowest BCUT2D eigenvalue weighted by Gasteiger charge is -2.23. The minimum Gasteiger partial charge on any atom is -0.493 e. The van der Waals surface area contributed by atoms with Crippen LogP contribution < -0.4 is 4.74 Å². The molecule has 0 aliphatic carbocycles. The van der Waals surface area contributed by atoms with Crippen LogP contribution in [0, 0.1) is 0 Å². The molecule has 1 unspecified atom stereocenters. The molecule has 1 aliphatic rings. The van der Waals surface area contributed by atoms with Gasteiger partial charge in [0.1, 0.15) is 11.4 Å². The third-order valence-electron chi connectivity index (χ3n) is 3.44. The Kier molecular flexibility index (Phi) is 4.00. The van der Waals surface area contributed by atoms with Gasteiger partial charge in [0.25, 0.3) is 0 Å². The number of aromatic nitrogens is 1. The number of hydrogen-bond acceptors (Lipinski definition) is 5. The highest BCUT2D eigenvalue weighted by Crippen LogP contribution is 2.34. The lowest BCUT2D eigenvalue weighted by molar-refractivity contribution is -0.108. The van der Waals surface area contributed by atoms with Crippen LogP contribution in [0.2, 0.25) is 0 Å². The molecule has 1 aromatic carbocycles. The molecular formula is C15H17NO3S. The van der Waals surface area contributed by atoms with Gasteiger partial charge in [-0.15, -0.1) is 11.3 Å². The number of benzene rings is 1. The van der Waals surface area contributed by atoms with Gasteiger partial charge in [-0.05, 0) is 18.1 Å². The first-order valence-corrected chi connectivity index (χ1v) is 7.41. The smallest absolute Gasteiger partial charge is 0.201 e. The van der Waals surface area contributed by atoms with Crippen LogP contribution in [-0.2, 0) is 15.9 Å². The monoisotopic (exact) mass is 291 g/mol. The van der Waals surface area contributed by atoms with Gasteiger partial charge in [0, 0.05) is 25.5 Å². The van der Waals surface area contributed by atoms with E-state index in [2.05, 4.69) is 11.1 Å². The fourth-order valence-electron chi connectivity index (χ4n) is 2.42. The molecule has 20 heavy (non-hydrogen) atoms. The number of para-hydroxylation sites is 1. The molecule has 2 heterocycles. The summed E-state index contributed by atoms with van der Waals surface area (Å²) in [6.45, 7) is 0.675. The van der Waals surface area contributed by atoms with Crippen LogP contribution in [0.25, 0.3) is 0 Å². The molecule has 0 saturated heterocycles. The van der Waals surface area contributed by atoms with Gasteiger partial charge in [0.2, 0.25) is 6.29 Å². The van der Waals surface area contributed by atoms with Gasteiger partial charge in [0.05, 0.1) is 11.6 Å². The molecule has 106 valence electrons. The van der Waals surface area contributed by atoms with Gasteiger partial charge in [-0.1, -0.05) is 18.2 Å². The maximum Gasteiger partial charge on any atom is 0.201 e. The number of methoxy groups -OCH3 is 2. The van der Waals surface area contributed by atoms with Gasteiger partial charge in [-0.2, -0.15) is 0 Å². The number of ether oxygens (including phenoxy) is 3. The molecule has 0 bridgehead atoms. The second kappa shape index (κ2) is 5.91. The SMILES string of the molecule is COC(OC)c1csc(C2COc3ccccc3C2)n1. The maximum atomic E-state index is 5.82. The van der Waals surface area contributed by atoms with E-state index in [-0.39, 0.29) is 0 Å². The average Bonchev–Trinajstić information content (AvgIpc) is 2.98. The Balaban J connectivity index is 1.78. The molecule has 0 saturated carbocycles. The molecule has 5 heteroatoms. The van der Waals surface area contributed by atoms with Crippen LogP contribution in [0.1, 0.15) is 28.5 Å². The van der Waals surface area contributed by atoms with Crippen LogP contribution >= 0.6 is 11.3 Å². The van der Waals surface area contributed by atoms with E-state index in [0.29, 0.717) is 12.5 Å². The van der Waals surface area contributed by atoms with Crippen molar-refractivity contribution in [1.29, 1.82) is 0 Å². The number of hydrogen-bond donors (Lipinski definition) is 0. The average molecular weight is 291 g/mol. The predicted octanol–water partition coefficient (Wildman–Crippen LogP) is 3.15. The zero-order chi connectivity index (χ0) is 13.9. The molecule has 1 atom stereocenters. The number of thiazole rings is 1. The number of fused-ring (bicyclic) bond motifs is 1. The Bertz CT molecular complexity index is 580. The summed E-state index contributed by atoms with van der Waals surface area (Å²) in [6, 6.07) is 8.18. The molecule has 0 radical (unpaired) electrons. The van der Waals surface area contributed by atoms with Crippen molar-refractivity contribution in [3.63, 3.8) is 0 Å². The Morgan fingerprint density at radius 2 is 2.10 bits per heavy atom. The van der Waals surface area contributed by atoms with Crippen molar-refractivity contribution in [3.05, 3.63) is 45.9 Å². The number of nitrogens with zero attached hydrogens (tertiary/aromatic N) is 1. The Morgan fingerprint density at radius 3 is 2.90 bits per heavy atom. The highest BCUT2D eigenvalue weighted by atomic mass is 32.1. The fraction of sp³-hybridized carbons (Fsp3) is 0.400. The molecular weight excluding hydrogens is 274 g/mol. The Labute approximate surface area is 122 Å². The predicted molar refractivity (Wildman–Crippen MR) is 77.3 cm³/mol. The third-order valence-corrected chi connectivity index (χ3v) is 4.46. The van der Waals surface area contributed by atoms with Gasteiger partial charge in [-0.3, -0.25) is 0 Å². The molecule has 3 rings (SSSR count). The van der Waals surface area contributed by atoms with Gasteiger partial charge >= 0.3 is 0 Å². The van der Waals surface area contributed by atoms with Crippen LogP contribution in [0.4, 0.5) is 0 Å². The summed E-state index contributed by atoms with van der Waals surface area (Å²) in [5.74, 6) is 1.30. The van der Waals surface area contributed by atoms with Crippen molar-refractivity contribution in [3.8, 4) is 5.75 Å². The van der Waals surface area contributed by atoms with E-state index < -0.39 is 6.29 Å². The van der Waals surface area contributed by atoms with Crippen molar-refractivity contribution >= 4 is 11.3 Å². The van der Waals surface area contributed by atoms with Crippen molar-refractivity contribution in [1.82, 2.24) is 4.98 Å². The minimum absolute atomic E-state index is 0.304. The van der Waals surface area contributed by atoms with E-state index in [9.17, 15) is 0 Å². The van der Waals surface area contributed by atoms with Crippen LogP contribution in [-0.4, -0.2) is 25.8 Å². The molecule has 0 amide bonds. The van der Waals surface area contributed by atoms with E-state index >= 15 is 0 Å². The highest BCUT2D eigenvalue weighted by molar-refractivity contribution is 7.09. The zero-order valence-corrected chi connectivity index (χ0v) is 12.4. The molecule has 2 aromatic rings. The van der Waals surface area contributed by atoms with Crippen LogP contribution in [0.3, 0.4) is 0 Å². The first kappa shape index (κ1) is 13.5. The second-order valence-corrected chi connectivity index (χ2v) is 5.62. The summed E-state index contributed by atoms with van der Waals surface area (Å²) in [5, 5.41) is 3.07. The number of rotatable bonds is 4. The molecule has 4 nitrogen and oxygen atoms in total. The molecule has 0 spiro atoms. The summed E-state index contributed by atoms with van der Waals surface area (Å²) < 4.78 is 16.3. The molecule has 1 aromatic heterocycles. The van der Waals surface area contributed by atoms with Crippen molar-refractivity contribution < 1.29 is 14.2 Å². The maximum absolute atomic E-state index is 5.82. The van der Waals surface area contributed by atoms with E-state index in [1.54, 1.807) is 25.6 Å². The van der Waals surface area contributed by atoms with Crippen molar-refractivity contribution in [2.45, 2.75) is 18.6 Å². The first-order valence-electron chi connectivity index (χ1n) is 6.53. The lowest BCUT2D eigenvalue weighted by Crippen LogP contribution is -2.19. The first-order chi connectivity index (χ1) is 9.81. The fourth-order valence-corrected chi connectivity index (χ4v) is 3.33. The quantitative estimate of drug-likeness (QED) is 0.811. The summed E-state index contributed by atoms with van der Waals surface area (Å²) >= 11 is 1.64. The largest absolute Gasteiger partial charge is 0.493 e. The summed E-state index contributed by atoms with van der Waals surface area (Å²) in [5.41, 5.74) is 2.07. The highest BCUT2D eigenvalue weighted by Gasteiger charge is 2.24. The topological polar surface area (TPSA) is 40.6 Å². The zero-order valence-electron chi connectivity index (χ0n) is 11.5. The van der Waals surface area contributed by atoms with Crippen molar-refractivity contribution in [2.75, 3.05) is 20.8 Å². The summed E-state index contributed by atoms with van der Waals surface area (Å²) in [4.78, 5) is 4.64. The summed E-state index contributed by atoms with van der Waals surface area (Å²) in [6.07, 6.45) is 0.574. The van der Waals surface area contributed by atoms with Gasteiger partial charge in [0.15, 0.2) is 0 Å². The van der Waals surface area contributed by atoms with E-state index in [4.69, 9.17) is 14.2 Å². The third kappa shape index (κ3) is 2.57. The van der Waals surface area contributed by atoms with Gasteiger partial charge in [-0.25, -0.2) is 4.98 Å². The lowest BCUT2D eigenvalue weighted by atomic mass is 9.97. The normalized spacial score (nSPS) is 17.9. The second-order valence-electron chi connectivity index (χ2n) is 4.73. The van der Waals surface area contributed by atoms with E-state index in [1.165, 1.54) is 5.56 Å². The van der Waals surface area contributed by atoms with Crippen LogP contribution in [0.15, 0.2) is 29.6 Å². The van der Waals surface area contributed by atoms with Crippen molar-refractivity contribution in [2.24, 2.45) is 0 Å². The molecule has 0 fully saturated rings. The summed E-state index contributed by atoms with van der Waals surface area (Å²) in [7, 11) is 3.24. The van der Waals surface area contributed by atoms with Gasteiger partial charge < -0.3 is 14.2 Å². The van der Waals surface area contributed by atoms with E-state index in [0.717, 1.165) is 22.9 Å². The Hall–Kier alpha value is -1.43. The molecule has 0 N–H and O–H groups in total. The van der Waals surface area contributed by atoms with E-state index in [1.807, 2.05) is 23.6 Å². The minimum atomic E-state index is -0.392. The standard InChI is InChI=1S/C15H17NO3S/c1-17-15(18-2)12-9-20-14(16-12)11-7-10-5-3-4-6-13(10)19-8-11/h3-6,9,11,15H,7-8H2,1-2H3.